The summed E-state index contributed by atoms with van der Waals surface area (Å²) in [6.45, 7) is 6.17. The van der Waals surface area contributed by atoms with Crippen molar-refractivity contribution in [2.75, 3.05) is 20.2 Å². The van der Waals surface area contributed by atoms with Crippen LogP contribution >= 0.6 is 11.3 Å². The number of aromatic hydroxyl groups is 1. The number of likely N-dealkylation sites (tertiary alicyclic amines) is 1. The van der Waals surface area contributed by atoms with Gasteiger partial charge in [0.25, 0.3) is 0 Å². The van der Waals surface area contributed by atoms with Crippen molar-refractivity contribution in [1.82, 2.24) is 19.5 Å². The highest BCUT2D eigenvalue weighted by molar-refractivity contribution is 7.17. The van der Waals surface area contributed by atoms with Crippen molar-refractivity contribution < 1.29 is 9.84 Å². The first-order chi connectivity index (χ1) is 12.6. The predicted molar refractivity (Wildman–Crippen MR) is 102 cm³/mol. The molecule has 3 heterocycles. The molecule has 0 spiro atoms. The SMILES string of the molecule is COc1ccc(C(c2sc3nc(C)nn3c2O)N2CCCC(C)C2)cc1. The zero-order valence-electron chi connectivity index (χ0n) is 15.3. The number of fused-ring (bicyclic) bond motifs is 1. The maximum atomic E-state index is 10.9. The Bertz CT molecular complexity index is 902. The number of hydrogen-bond acceptors (Lipinski definition) is 6. The molecule has 1 aromatic carbocycles. The Morgan fingerprint density at radius 2 is 2.08 bits per heavy atom. The number of ether oxygens (including phenoxy) is 1. The van der Waals surface area contributed by atoms with Gasteiger partial charge in [-0.1, -0.05) is 30.4 Å². The first kappa shape index (κ1) is 17.3. The number of methoxy groups -OCH3 is 1. The van der Waals surface area contributed by atoms with Crippen LogP contribution in [0.25, 0.3) is 4.96 Å². The number of thiazole rings is 1. The number of nitrogens with zero attached hydrogens (tertiary/aromatic N) is 4. The lowest BCUT2D eigenvalue weighted by Crippen LogP contribution is -2.37. The second kappa shape index (κ2) is 6.89. The van der Waals surface area contributed by atoms with Crippen LogP contribution in [-0.4, -0.2) is 44.8 Å². The van der Waals surface area contributed by atoms with Crippen molar-refractivity contribution in [3.05, 3.63) is 40.5 Å². The van der Waals surface area contributed by atoms with Gasteiger partial charge in [-0.25, -0.2) is 4.98 Å². The van der Waals surface area contributed by atoms with Gasteiger partial charge in [0.1, 0.15) is 11.6 Å². The summed E-state index contributed by atoms with van der Waals surface area (Å²) in [5.41, 5.74) is 1.15. The molecule has 138 valence electrons. The fourth-order valence-corrected chi connectivity index (χ4v) is 4.96. The normalized spacial score (nSPS) is 19.7. The number of benzene rings is 1. The average molecular weight is 372 g/mol. The Morgan fingerprint density at radius 1 is 1.31 bits per heavy atom. The minimum Gasteiger partial charge on any atom is -0.497 e. The van der Waals surface area contributed by atoms with Crippen LogP contribution in [-0.2, 0) is 0 Å². The molecule has 0 amide bonds. The molecule has 0 aliphatic carbocycles. The Kier molecular flexibility index (Phi) is 4.58. The molecule has 1 saturated heterocycles. The molecule has 1 aliphatic rings. The zero-order valence-corrected chi connectivity index (χ0v) is 16.2. The van der Waals surface area contributed by atoms with E-state index in [1.165, 1.54) is 24.2 Å². The van der Waals surface area contributed by atoms with E-state index < -0.39 is 0 Å². The molecule has 2 aromatic heterocycles. The lowest BCUT2D eigenvalue weighted by Gasteiger charge is -2.37. The Hall–Kier alpha value is -2.12. The highest BCUT2D eigenvalue weighted by atomic mass is 32.1. The lowest BCUT2D eigenvalue weighted by atomic mass is 9.95. The quantitative estimate of drug-likeness (QED) is 0.758. The van der Waals surface area contributed by atoms with Crippen molar-refractivity contribution in [3.8, 4) is 11.6 Å². The molecule has 26 heavy (non-hydrogen) atoms. The fraction of sp³-hybridized carbons (Fsp3) is 0.474. The van der Waals surface area contributed by atoms with Gasteiger partial charge in [-0.15, -0.1) is 5.10 Å². The highest BCUT2D eigenvalue weighted by Crippen LogP contribution is 2.41. The largest absolute Gasteiger partial charge is 0.497 e. The Labute approximate surface area is 157 Å². The van der Waals surface area contributed by atoms with E-state index in [1.807, 2.05) is 19.1 Å². The van der Waals surface area contributed by atoms with Crippen LogP contribution in [0.15, 0.2) is 24.3 Å². The van der Waals surface area contributed by atoms with E-state index in [4.69, 9.17) is 4.74 Å². The smallest absolute Gasteiger partial charge is 0.230 e. The molecular weight excluding hydrogens is 348 g/mol. The summed E-state index contributed by atoms with van der Waals surface area (Å²) < 4.78 is 6.86. The second-order valence-corrected chi connectivity index (χ2v) is 8.07. The maximum absolute atomic E-state index is 10.9. The Morgan fingerprint density at radius 3 is 2.73 bits per heavy atom. The number of piperidine rings is 1. The van der Waals surface area contributed by atoms with Gasteiger partial charge >= 0.3 is 0 Å². The van der Waals surface area contributed by atoms with Crippen molar-refractivity contribution in [1.29, 1.82) is 0 Å². The third kappa shape index (κ3) is 3.05. The van der Waals surface area contributed by atoms with Gasteiger partial charge < -0.3 is 9.84 Å². The summed E-state index contributed by atoms with van der Waals surface area (Å²) in [6, 6.07) is 8.13. The standard InChI is InChI=1S/C19H24N4O2S/c1-12-5-4-10-22(11-12)16(14-6-8-15(25-3)9-7-14)17-18(24)23-19(26-17)20-13(2)21-23/h6-9,12,16,24H,4-5,10-11H2,1-3H3. The molecule has 6 nitrogen and oxygen atoms in total. The minimum atomic E-state index is -0.00235. The third-order valence-electron chi connectivity index (χ3n) is 5.04. The average Bonchev–Trinajstić information content (AvgIpc) is 3.14. The molecule has 7 heteroatoms. The van der Waals surface area contributed by atoms with Crippen LogP contribution in [0.2, 0.25) is 0 Å². The number of aromatic nitrogens is 3. The molecule has 1 N–H and O–H groups in total. The van der Waals surface area contributed by atoms with Crippen LogP contribution in [0, 0.1) is 12.8 Å². The highest BCUT2D eigenvalue weighted by Gasteiger charge is 2.31. The van der Waals surface area contributed by atoms with Crippen LogP contribution < -0.4 is 4.74 Å². The molecule has 0 bridgehead atoms. The second-order valence-electron chi connectivity index (χ2n) is 7.06. The van der Waals surface area contributed by atoms with E-state index in [0.29, 0.717) is 11.7 Å². The molecule has 0 radical (unpaired) electrons. The maximum Gasteiger partial charge on any atom is 0.230 e. The topological polar surface area (TPSA) is 62.9 Å². The summed E-state index contributed by atoms with van der Waals surface area (Å²) in [6.07, 6.45) is 2.43. The fourth-order valence-electron chi connectivity index (χ4n) is 3.80. The molecule has 3 aromatic rings. The van der Waals surface area contributed by atoms with Gasteiger partial charge in [0, 0.05) is 6.54 Å². The molecule has 0 saturated carbocycles. The molecule has 2 atom stereocenters. The van der Waals surface area contributed by atoms with E-state index in [-0.39, 0.29) is 11.9 Å². The summed E-state index contributed by atoms with van der Waals surface area (Å²) in [7, 11) is 1.67. The van der Waals surface area contributed by atoms with Crippen LogP contribution in [0.4, 0.5) is 0 Å². The van der Waals surface area contributed by atoms with Gasteiger partial charge in [0.2, 0.25) is 10.8 Å². The molecule has 2 unspecified atom stereocenters. The van der Waals surface area contributed by atoms with E-state index >= 15 is 0 Å². The van der Waals surface area contributed by atoms with Crippen molar-refractivity contribution >= 4 is 16.3 Å². The lowest BCUT2D eigenvalue weighted by molar-refractivity contribution is 0.149. The van der Waals surface area contributed by atoms with Crippen molar-refractivity contribution in [2.24, 2.45) is 5.92 Å². The van der Waals surface area contributed by atoms with Gasteiger partial charge in [-0.3, -0.25) is 4.90 Å². The predicted octanol–water partition coefficient (Wildman–Crippen LogP) is 3.63. The van der Waals surface area contributed by atoms with Crippen LogP contribution in [0.1, 0.15) is 42.1 Å². The molecule has 1 aliphatic heterocycles. The van der Waals surface area contributed by atoms with E-state index in [0.717, 1.165) is 34.2 Å². The number of hydrogen-bond donors (Lipinski definition) is 1. The van der Waals surface area contributed by atoms with Gasteiger partial charge in [-0.05, 0) is 49.9 Å². The van der Waals surface area contributed by atoms with E-state index in [1.54, 1.807) is 11.6 Å². The van der Waals surface area contributed by atoms with Gasteiger partial charge in [-0.2, -0.15) is 4.52 Å². The zero-order chi connectivity index (χ0) is 18.3. The van der Waals surface area contributed by atoms with Gasteiger partial charge in [0.15, 0.2) is 0 Å². The van der Waals surface area contributed by atoms with Crippen molar-refractivity contribution in [2.45, 2.75) is 32.7 Å². The monoisotopic (exact) mass is 372 g/mol. The molecular formula is C19H24N4O2S. The van der Waals surface area contributed by atoms with E-state index in [9.17, 15) is 5.11 Å². The summed E-state index contributed by atoms with van der Waals surface area (Å²) >= 11 is 1.52. The Balaban J connectivity index is 1.80. The van der Waals surface area contributed by atoms with Gasteiger partial charge in [0.05, 0.1) is 18.0 Å². The van der Waals surface area contributed by atoms with Crippen molar-refractivity contribution in [3.63, 3.8) is 0 Å². The molecule has 1 fully saturated rings. The summed E-state index contributed by atoms with van der Waals surface area (Å²) in [5.74, 6) is 2.36. The first-order valence-electron chi connectivity index (χ1n) is 9.00. The minimum absolute atomic E-state index is 0.00235. The summed E-state index contributed by atoms with van der Waals surface area (Å²) in [5, 5.41) is 15.2. The van der Waals surface area contributed by atoms with E-state index in [2.05, 4.69) is 34.0 Å². The summed E-state index contributed by atoms with van der Waals surface area (Å²) in [4.78, 5) is 8.53. The van der Waals surface area contributed by atoms with Crippen LogP contribution in [0.5, 0.6) is 11.6 Å². The third-order valence-corrected chi connectivity index (χ3v) is 6.11. The first-order valence-corrected chi connectivity index (χ1v) is 9.81. The number of aryl methyl sites for hydroxylation is 1. The molecule has 4 rings (SSSR count). The number of rotatable bonds is 4. The van der Waals surface area contributed by atoms with Crippen LogP contribution in [0.3, 0.4) is 0 Å².